The molecule has 0 radical (unpaired) electrons. The fourth-order valence-electron chi connectivity index (χ4n) is 3.87. The summed E-state index contributed by atoms with van der Waals surface area (Å²) in [5, 5.41) is 10.4. The van der Waals surface area contributed by atoms with Gasteiger partial charge in [0.05, 0.1) is 5.71 Å². The van der Waals surface area contributed by atoms with Gasteiger partial charge in [-0.3, -0.25) is 0 Å². The number of alkyl halides is 1. The summed E-state index contributed by atoms with van der Waals surface area (Å²) in [5.41, 5.74) is 6.12. The van der Waals surface area contributed by atoms with Gasteiger partial charge in [0.1, 0.15) is 6.17 Å². The Bertz CT molecular complexity index is 962. The van der Waals surface area contributed by atoms with Crippen molar-refractivity contribution in [3.05, 3.63) is 71.3 Å². The van der Waals surface area contributed by atoms with E-state index in [2.05, 4.69) is 58.9 Å². The van der Waals surface area contributed by atoms with Crippen LogP contribution in [0.15, 0.2) is 53.3 Å². The number of aryl methyl sites for hydroxylation is 1. The average Bonchev–Trinajstić information content (AvgIpc) is 3.52. The minimum atomic E-state index is -1.09. The van der Waals surface area contributed by atoms with E-state index in [-0.39, 0.29) is 5.95 Å². The second-order valence-electron chi connectivity index (χ2n) is 8.67. The molecule has 0 amide bonds. The van der Waals surface area contributed by atoms with Crippen LogP contribution in [0.2, 0.25) is 0 Å². The second-order valence-corrected chi connectivity index (χ2v) is 8.67. The van der Waals surface area contributed by atoms with Crippen LogP contribution in [0.3, 0.4) is 0 Å². The van der Waals surface area contributed by atoms with E-state index in [9.17, 15) is 8.78 Å². The highest BCUT2D eigenvalue weighted by Gasteiger charge is 2.24. The van der Waals surface area contributed by atoms with Crippen LogP contribution in [-0.2, 0) is 13.0 Å². The highest BCUT2D eigenvalue weighted by molar-refractivity contribution is 5.88. The van der Waals surface area contributed by atoms with Crippen molar-refractivity contribution < 1.29 is 8.78 Å². The van der Waals surface area contributed by atoms with Gasteiger partial charge in [-0.1, -0.05) is 44.5 Å². The van der Waals surface area contributed by atoms with E-state index in [0.717, 1.165) is 41.3 Å². The van der Waals surface area contributed by atoms with Gasteiger partial charge in [-0.05, 0) is 66.8 Å². The Hall–Kier alpha value is -2.89. The fraction of sp³-hybridized carbons (Fsp3) is 0.423. The molecule has 0 bridgehead atoms. The molecule has 4 rings (SSSR count). The molecular weight excluding hydrogens is 406 g/mol. The van der Waals surface area contributed by atoms with E-state index < -0.39 is 6.17 Å². The average molecular weight is 439 g/mol. The molecule has 1 aromatic carbocycles. The van der Waals surface area contributed by atoms with E-state index in [1.165, 1.54) is 37.8 Å². The number of rotatable bonds is 8. The van der Waals surface area contributed by atoms with Crippen molar-refractivity contribution in [2.75, 3.05) is 0 Å². The van der Waals surface area contributed by atoms with Crippen LogP contribution in [0.1, 0.15) is 67.7 Å². The summed E-state index contributed by atoms with van der Waals surface area (Å²) in [4.78, 5) is 3.66. The van der Waals surface area contributed by atoms with Crippen molar-refractivity contribution in [2.45, 2.75) is 64.6 Å². The quantitative estimate of drug-likeness (QED) is 0.302. The van der Waals surface area contributed by atoms with Gasteiger partial charge >= 0.3 is 0 Å². The lowest BCUT2D eigenvalue weighted by Gasteiger charge is -2.09. The molecule has 1 aromatic heterocycles. The minimum absolute atomic E-state index is 0.387. The van der Waals surface area contributed by atoms with Crippen LogP contribution in [0, 0.1) is 11.9 Å². The number of halogens is 2. The van der Waals surface area contributed by atoms with Gasteiger partial charge in [-0.15, -0.1) is 0 Å². The highest BCUT2D eigenvalue weighted by Crippen LogP contribution is 2.38. The van der Waals surface area contributed by atoms with Gasteiger partial charge in [-0.2, -0.15) is 14.6 Å². The second kappa shape index (κ2) is 11.1. The SMILES string of the molecule is C=N/N=C(\CCc1ccc2c(c1)C(=C)NC2)C(C)F.CC(CC1CC1)c1ccc(F)nc1. The first-order valence-corrected chi connectivity index (χ1v) is 11.2. The van der Waals surface area contributed by atoms with Crippen molar-refractivity contribution >= 4 is 18.1 Å². The number of fused-ring (bicyclic) bond motifs is 1. The molecule has 170 valence electrons. The zero-order valence-corrected chi connectivity index (χ0v) is 19.0. The molecule has 2 aromatic rings. The molecule has 2 heterocycles. The van der Waals surface area contributed by atoms with Gasteiger partial charge in [0.15, 0.2) is 0 Å². The zero-order valence-electron chi connectivity index (χ0n) is 19.0. The Kier molecular flexibility index (Phi) is 8.26. The summed E-state index contributed by atoms with van der Waals surface area (Å²) >= 11 is 0. The first-order chi connectivity index (χ1) is 15.4. The normalized spacial score (nSPS) is 17.0. The Morgan fingerprint density at radius 1 is 1.25 bits per heavy atom. The van der Waals surface area contributed by atoms with Gasteiger partial charge in [0.25, 0.3) is 0 Å². The lowest BCUT2D eigenvalue weighted by Crippen LogP contribution is -2.12. The van der Waals surface area contributed by atoms with Crippen molar-refractivity contribution in [1.82, 2.24) is 10.3 Å². The molecule has 4 nitrogen and oxygen atoms in total. The fourth-order valence-corrected chi connectivity index (χ4v) is 3.87. The summed E-state index contributed by atoms with van der Waals surface area (Å²) in [5.74, 6) is 1.06. The number of nitrogens with one attached hydrogen (secondary N) is 1. The predicted octanol–water partition coefficient (Wildman–Crippen LogP) is 6.23. The Balaban J connectivity index is 0.000000193. The molecule has 1 aliphatic heterocycles. The molecule has 2 aliphatic rings. The summed E-state index contributed by atoms with van der Waals surface area (Å²) in [6.07, 6.45) is 5.84. The van der Waals surface area contributed by atoms with Crippen molar-refractivity contribution in [2.24, 2.45) is 16.1 Å². The van der Waals surface area contributed by atoms with Crippen molar-refractivity contribution in [3.8, 4) is 0 Å². The summed E-state index contributed by atoms with van der Waals surface area (Å²) in [6.45, 7) is 11.7. The molecule has 32 heavy (non-hydrogen) atoms. The van der Waals surface area contributed by atoms with Crippen LogP contribution in [0.4, 0.5) is 8.78 Å². The molecular formula is C26H32F2N4. The lowest BCUT2D eigenvalue weighted by atomic mass is 9.97. The molecule has 2 unspecified atom stereocenters. The monoisotopic (exact) mass is 438 g/mol. The third-order valence-corrected chi connectivity index (χ3v) is 6.02. The molecule has 0 saturated heterocycles. The van der Waals surface area contributed by atoms with Crippen molar-refractivity contribution in [1.29, 1.82) is 0 Å². The number of nitrogens with zero attached hydrogens (tertiary/aromatic N) is 3. The van der Waals surface area contributed by atoms with E-state index in [1.54, 1.807) is 6.20 Å². The maximum Gasteiger partial charge on any atom is 0.212 e. The van der Waals surface area contributed by atoms with Gasteiger partial charge in [0, 0.05) is 30.7 Å². The van der Waals surface area contributed by atoms with E-state index >= 15 is 0 Å². The van der Waals surface area contributed by atoms with Crippen LogP contribution in [0.5, 0.6) is 0 Å². The summed E-state index contributed by atoms with van der Waals surface area (Å²) in [6, 6.07) is 9.56. The summed E-state index contributed by atoms with van der Waals surface area (Å²) in [7, 11) is 0. The zero-order chi connectivity index (χ0) is 23.1. The van der Waals surface area contributed by atoms with Crippen LogP contribution >= 0.6 is 0 Å². The number of hydrogen-bond acceptors (Lipinski definition) is 4. The topological polar surface area (TPSA) is 49.6 Å². The molecule has 2 atom stereocenters. The Labute approximate surface area is 189 Å². The van der Waals surface area contributed by atoms with Crippen LogP contribution in [0.25, 0.3) is 5.70 Å². The number of pyridine rings is 1. The molecule has 1 N–H and O–H groups in total. The van der Waals surface area contributed by atoms with Crippen LogP contribution in [-0.4, -0.2) is 23.6 Å². The standard InChI is InChI=1S/C15H18FN3.C11H14FN/c1-10(16)15(19-17-3)7-5-12-4-6-13-9-18-11(2)14(13)8-12;1-8(6-9-2-3-9)10-4-5-11(12)13-7-10/h4,6,8,10,18H,2-3,5,7,9H2,1H3;4-5,7-9H,2-3,6H2,1H3/b19-15+;. The molecule has 6 heteroatoms. The maximum atomic E-state index is 13.3. The lowest BCUT2D eigenvalue weighted by molar-refractivity contribution is 0.448. The molecule has 1 aliphatic carbocycles. The predicted molar refractivity (Wildman–Crippen MR) is 128 cm³/mol. The minimum Gasteiger partial charge on any atom is -0.381 e. The van der Waals surface area contributed by atoms with Crippen molar-refractivity contribution in [3.63, 3.8) is 0 Å². The third-order valence-electron chi connectivity index (χ3n) is 6.02. The number of aromatic nitrogens is 1. The first kappa shape index (κ1) is 23.8. The van der Waals surface area contributed by atoms with E-state index in [4.69, 9.17) is 0 Å². The highest BCUT2D eigenvalue weighted by atomic mass is 19.1. The maximum absolute atomic E-state index is 13.3. The largest absolute Gasteiger partial charge is 0.381 e. The first-order valence-electron chi connectivity index (χ1n) is 11.2. The van der Waals surface area contributed by atoms with Gasteiger partial charge in [-0.25, -0.2) is 9.37 Å². The Morgan fingerprint density at radius 3 is 2.66 bits per heavy atom. The molecule has 0 spiro atoms. The van der Waals surface area contributed by atoms with E-state index in [0.29, 0.717) is 18.1 Å². The third kappa shape index (κ3) is 6.81. The van der Waals surface area contributed by atoms with E-state index in [1.807, 2.05) is 6.07 Å². The Morgan fingerprint density at radius 2 is 2.03 bits per heavy atom. The van der Waals surface area contributed by atoms with Gasteiger partial charge < -0.3 is 5.32 Å². The molecule has 1 fully saturated rings. The molecule has 1 saturated carbocycles. The van der Waals surface area contributed by atoms with Gasteiger partial charge in [0.2, 0.25) is 5.95 Å². The number of benzene rings is 1. The van der Waals surface area contributed by atoms with Crippen LogP contribution < -0.4 is 5.32 Å². The number of hydrogen-bond donors (Lipinski definition) is 1. The summed E-state index contributed by atoms with van der Waals surface area (Å²) < 4.78 is 25.8. The smallest absolute Gasteiger partial charge is 0.212 e.